The second-order valence-electron chi connectivity index (χ2n) is 4.22. The number of anilines is 1. The molecule has 1 aromatic rings. The number of rotatable bonds is 4. The maximum Gasteiger partial charge on any atom is 0.106 e. The van der Waals surface area contributed by atoms with E-state index in [0.29, 0.717) is 4.99 Å². The summed E-state index contributed by atoms with van der Waals surface area (Å²) in [6.45, 7) is 0.988. The monoisotopic (exact) mass is 267 g/mol. The molecule has 2 heterocycles. The molecule has 3 N–H and O–H groups in total. The van der Waals surface area contributed by atoms with Crippen LogP contribution in [0.5, 0.6) is 0 Å². The van der Waals surface area contributed by atoms with Gasteiger partial charge in [-0.05, 0) is 36.3 Å². The molecule has 1 aromatic heterocycles. The number of aromatic nitrogens is 1. The van der Waals surface area contributed by atoms with Crippen LogP contribution in [0.4, 0.5) is 5.69 Å². The number of pyridine rings is 1. The fourth-order valence-electron chi connectivity index (χ4n) is 1.96. The Balaban J connectivity index is 1.96. The van der Waals surface area contributed by atoms with Gasteiger partial charge in [0.25, 0.3) is 0 Å². The third-order valence-corrected chi connectivity index (χ3v) is 4.28. The molecule has 0 spiro atoms. The molecular weight excluding hydrogens is 250 g/mol. The molecule has 0 bridgehead atoms. The molecule has 0 radical (unpaired) electrons. The highest BCUT2D eigenvalue weighted by Crippen LogP contribution is 2.23. The Hall–Kier alpha value is -0.810. The van der Waals surface area contributed by atoms with Crippen LogP contribution in [-0.2, 0) is 0 Å². The second-order valence-corrected chi connectivity index (χ2v) is 5.89. The van der Waals surface area contributed by atoms with Crippen molar-refractivity contribution in [2.45, 2.75) is 12.8 Å². The van der Waals surface area contributed by atoms with Crippen LogP contribution in [0, 0.1) is 5.92 Å². The second kappa shape index (κ2) is 6.21. The van der Waals surface area contributed by atoms with Crippen molar-refractivity contribution in [1.82, 2.24) is 4.98 Å². The number of nitrogens with two attached hydrogens (primary N) is 1. The first-order chi connectivity index (χ1) is 8.27. The highest BCUT2D eigenvalue weighted by Gasteiger charge is 2.14. The molecule has 0 saturated carbocycles. The topological polar surface area (TPSA) is 50.9 Å². The van der Waals surface area contributed by atoms with Crippen molar-refractivity contribution in [3.8, 4) is 0 Å². The fourth-order valence-corrected chi connectivity index (χ4v) is 3.34. The minimum atomic E-state index is 0.425. The van der Waals surface area contributed by atoms with Crippen molar-refractivity contribution in [3.63, 3.8) is 0 Å². The zero-order valence-electron chi connectivity index (χ0n) is 9.69. The first kappa shape index (κ1) is 12.6. The summed E-state index contributed by atoms with van der Waals surface area (Å²) in [7, 11) is 0. The average molecular weight is 267 g/mol. The van der Waals surface area contributed by atoms with Gasteiger partial charge in [-0.2, -0.15) is 11.8 Å². The van der Waals surface area contributed by atoms with E-state index in [9.17, 15) is 0 Å². The van der Waals surface area contributed by atoms with E-state index < -0.39 is 0 Å². The fraction of sp³-hybridized carbons (Fsp3) is 0.500. The predicted octanol–water partition coefficient (Wildman–Crippen LogP) is 2.27. The van der Waals surface area contributed by atoms with E-state index in [-0.39, 0.29) is 0 Å². The summed E-state index contributed by atoms with van der Waals surface area (Å²) in [4.78, 5) is 4.53. The lowest BCUT2D eigenvalue weighted by molar-refractivity contribution is 0.516. The van der Waals surface area contributed by atoms with Gasteiger partial charge in [-0.15, -0.1) is 0 Å². The van der Waals surface area contributed by atoms with Gasteiger partial charge in [0.15, 0.2) is 0 Å². The molecule has 17 heavy (non-hydrogen) atoms. The number of nitrogens with zero attached hydrogens (tertiary/aromatic N) is 1. The molecule has 0 aromatic carbocycles. The van der Waals surface area contributed by atoms with Crippen molar-refractivity contribution in [2.24, 2.45) is 11.7 Å². The van der Waals surface area contributed by atoms with Crippen LogP contribution < -0.4 is 11.1 Å². The Kier molecular flexibility index (Phi) is 4.62. The van der Waals surface area contributed by atoms with E-state index in [1.165, 1.54) is 24.3 Å². The first-order valence-corrected chi connectivity index (χ1v) is 7.39. The largest absolute Gasteiger partial charge is 0.389 e. The van der Waals surface area contributed by atoms with Crippen molar-refractivity contribution in [3.05, 3.63) is 24.0 Å². The van der Waals surface area contributed by atoms with Gasteiger partial charge in [-0.1, -0.05) is 12.2 Å². The Bertz CT molecular complexity index is 389. The van der Waals surface area contributed by atoms with Crippen LogP contribution in [-0.4, -0.2) is 28.0 Å². The van der Waals surface area contributed by atoms with Crippen molar-refractivity contribution in [2.75, 3.05) is 23.4 Å². The number of hydrogen-bond donors (Lipinski definition) is 2. The number of nitrogens with one attached hydrogen (secondary N) is 1. The molecule has 0 unspecified atom stereocenters. The normalized spacial score (nSPS) is 16.7. The highest BCUT2D eigenvalue weighted by molar-refractivity contribution is 7.99. The van der Waals surface area contributed by atoms with Gasteiger partial charge in [0.05, 0.1) is 11.9 Å². The average Bonchev–Trinajstić information content (AvgIpc) is 2.38. The lowest BCUT2D eigenvalue weighted by atomic mass is 10.0. The first-order valence-electron chi connectivity index (χ1n) is 5.83. The van der Waals surface area contributed by atoms with E-state index in [2.05, 4.69) is 10.3 Å². The summed E-state index contributed by atoms with van der Waals surface area (Å²) >= 11 is 7.07. The summed E-state index contributed by atoms with van der Waals surface area (Å²) in [5.41, 5.74) is 7.53. The van der Waals surface area contributed by atoms with E-state index in [1.807, 2.05) is 17.8 Å². The van der Waals surface area contributed by atoms with Crippen LogP contribution in [0.1, 0.15) is 18.4 Å². The predicted molar refractivity (Wildman–Crippen MR) is 78.7 cm³/mol. The summed E-state index contributed by atoms with van der Waals surface area (Å²) in [5, 5.41) is 3.43. The summed E-state index contributed by atoms with van der Waals surface area (Å²) in [6, 6.07) is 1.86. The van der Waals surface area contributed by atoms with Crippen LogP contribution in [0.15, 0.2) is 18.5 Å². The standard InChI is InChI=1S/C12H17N3S2/c13-12(16)10-1-4-14-8-11(10)15-7-9-2-5-17-6-3-9/h1,4,8-9,15H,2-3,5-7H2,(H2,13,16). The molecule has 0 amide bonds. The summed E-state index contributed by atoms with van der Waals surface area (Å²) < 4.78 is 0. The van der Waals surface area contributed by atoms with Crippen LogP contribution in [0.3, 0.4) is 0 Å². The molecule has 0 atom stereocenters. The zero-order valence-corrected chi connectivity index (χ0v) is 11.3. The third kappa shape index (κ3) is 3.57. The quantitative estimate of drug-likeness (QED) is 0.820. The Labute approximate surface area is 112 Å². The van der Waals surface area contributed by atoms with Gasteiger partial charge in [0.1, 0.15) is 4.99 Å². The van der Waals surface area contributed by atoms with Gasteiger partial charge in [0.2, 0.25) is 0 Å². The van der Waals surface area contributed by atoms with Crippen LogP contribution in [0.25, 0.3) is 0 Å². The van der Waals surface area contributed by atoms with E-state index in [0.717, 1.165) is 23.7 Å². The Morgan fingerprint density at radius 2 is 2.29 bits per heavy atom. The molecule has 0 aliphatic carbocycles. The smallest absolute Gasteiger partial charge is 0.106 e. The molecule has 1 aliphatic rings. The summed E-state index contributed by atoms with van der Waals surface area (Å²) in [6.07, 6.45) is 6.10. The van der Waals surface area contributed by atoms with Gasteiger partial charge >= 0.3 is 0 Å². The third-order valence-electron chi connectivity index (χ3n) is 3.01. The minimum absolute atomic E-state index is 0.425. The van der Waals surface area contributed by atoms with E-state index in [1.54, 1.807) is 12.4 Å². The zero-order chi connectivity index (χ0) is 12.1. The molecule has 3 nitrogen and oxygen atoms in total. The SMILES string of the molecule is NC(=S)c1ccncc1NCC1CCSCC1. The Morgan fingerprint density at radius 3 is 3.00 bits per heavy atom. The van der Waals surface area contributed by atoms with Crippen molar-refractivity contribution < 1.29 is 0 Å². The Morgan fingerprint density at radius 1 is 1.53 bits per heavy atom. The molecule has 1 saturated heterocycles. The molecule has 5 heteroatoms. The molecule has 1 fully saturated rings. The van der Waals surface area contributed by atoms with Crippen LogP contribution in [0.2, 0.25) is 0 Å². The van der Waals surface area contributed by atoms with Crippen molar-refractivity contribution >= 4 is 34.7 Å². The lowest BCUT2D eigenvalue weighted by Gasteiger charge is -2.22. The molecular formula is C12H17N3S2. The molecule has 1 aliphatic heterocycles. The van der Waals surface area contributed by atoms with Gasteiger partial charge in [0, 0.05) is 18.3 Å². The highest BCUT2D eigenvalue weighted by atomic mass is 32.2. The number of hydrogen-bond acceptors (Lipinski definition) is 4. The van der Waals surface area contributed by atoms with Gasteiger partial charge in [-0.3, -0.25) is 4.98 Å². The minimum Gasteiger partial charge on any atom is -0.389 e. The van der Waals surface area contributed by atoms with Gasteiger partial charge < -0.3 is 11.1 Å². The molecule has 92 valence electrons. The maximum atomic E-state index is 5.68. The molecule has 2 rings (SSSR count). The number of thioether (sulfide) groups is 1. The van der Waals surface area contributed by atoms with E-state index >= 15 is 0 Å². The lowest BCUT2D eigenvalue weighted by Crippen LogP contribution is -2.21. The van der Waals surface area contributed by atoms with Crippen LogP contribution >= 0.6 is 24.0 Å². The van der Waals surface area contributed by atoms with Crippen molar-refractivity contribution in [1.29, 1.82) is 0 Å². The van der Waals surface area contributed by atoms with Gasteiger partial charge in [-0.25, -0.2) is 0 Å². The van der Waals surface area contributed by atoms with E-state index in [4.69, 9.17) is 18.0 Å². The number of thiocarbonyl (C=S) groups is 1. The maximum absolute atomic E-state index is 5.68. The summed E-state index contributed by atoms with van der Waals surface area (Å²) in [5.74, 6) is 3.32.